The number of hydrogen-bond acceptors (Lipinski definition) is 5. The Labute approximate surface area is 156 Å². The average molecular weight is 368 g/mol. The topological polar surface area (TPSA) is 89.8 Å². The van der Waals surface area contributed by atoms with Gasteiger partial charge in [-0.15, -0.1) is 0 Å². The molecule has 7 heteroatoms. The van der Waals surface area contributed by atoms with Gasteiger partial charge in [0.15, 0.2) is 17.1 Å². The molecule has 0 unspecified atom stereocenters. The molecule has 2 aromatic carbocycles. The number of para-hydroxylation sites is 2. The highest BCUT2D eigenvalue weighted by molar-refractivity contribution is 6.09. The molecule has 0 saturated carbocycles. The summed E-state index contributed by atoms with van der Waals surface area (Å²) in [7, 11) is 3.10. The van der Waals surface area contributed by atoms with Gasteiger partial charge in [-0.3, -0.25) is 9.59 Å². The first kappa shape index (κ1) is 18.5. The van der Waals surface area contributed by atoms with Crippen molar-refractivity contribution in [3.05, 3.63) is 59.9 Å². The van der Waals surface area contributed by atoms with Gasteiger partial charge in [0.2, 0.25) is 0 Å². The van der Waals surface area contributed by atoms with Crippen LogP contribution in [0, 0.1) is 0 Å². The fourth-order valence-electron chi connectivity index (χ4n) is 2.64. The Hall–Kier alpha value is -3.32. The lowest BCUT2D eigenvalue weighted by Gasteiger charge is -2.10. The maximum atomic E-state index is 12.6. The van der Waals surface area contributed by atoms with E-state index in [9.17, 15) is 9.59 Å². The van der Waals surface area contributed by atoms with Gasteiger partial charge in [0.05, 0.1) is 25.0 Å². The number of methoxy groups -OCH3 is 2. The Morgan fingerprint density at radius 2 is 1.85 bits per heavy atom. The highest BCUT2D eigenvalue weighted by Gasteiger charge is 2.18. The zero-order valence-electron chi connectivity index (χ0n) is 15.1. The number of fused-ring (bicyclic) bond motifs is 1. The Balaban J connectivity index is 1.81. The Morgan fingerprint density at radius 3 is 2.63 bits per heavy atom. The first-order chi connectivity index (χ1) is 13.1. The van der Waals surface area contributed by atoms with Gasteiger partial charge < -0.3 is 24.5 Å². The summed E-state index contributed by atoms with van der Waals surface area (Å²) >= 11 is 0. The predicted molar refractivity (Wildman–Crippen MR) is 101 cm³/mol. The van der Waals surface area contributed by atoms with Crippen LogP contribution in [0.3, 0.4) is 0 Å². The molecule has 3 aromatic rings. The third kappa shape index (κ3) is 4.09. The number of furan rings is 1. The summed E-state index contributed by atoms with van der Waals surface area (Å²) in [6, 6.07) is 13.8. The lowest BCUT2D eigenvalue weighted by molar-refractivity contribution is 0.0938. The van der Waals surface area contributed by atoms with E-state index in [0.29, 0.717) is 35.7 Å². The summed E-state index contributed by atoms with van der Waals surface area (Å²) in [5.41, 5.74) is 1.25. The largest absolute Gasteiger partial charge is 0.493 e. The molecule has 0 aliphatic carbocycles. The third-order valence-corrected chi connectivity index (χ3v) is 3.96. The smallest absolute Gasteiger partial charge is 0.291 e. The second kappa shape index (κ2) is 8.37. The van der Waals surface area contributed by atoms with Crippen molar-refractivity contribution in [2.45, 2.75) is 0 Å². The summed E-state index contributed by atoms with van der Waals surface area (Å²) in [5, 5.41) is 6.22. The quantitative estimate of drug-likeness (QED) is 0.626. The molecular weight excluding hydrogens is 348 g/mol. The second-order valence-corrected chi connectivity index (χ2v) is 5.74. The van der Waals surface area contributed by atoms with E-state index in [2.05, 4.69) is 10.6 Å². The van der Waals surface area contributed by atoms with Gasteiger partial charge in [-0.25, -0.2) is 0 Å². The first-order valence-corrected chi connectivity index (χ1v) is 8.38. The van der Waals surface area contributed by atoms with Gasteiger partial charge in [-0.1, -0.05) is 24.3 Å². The zero-order valence-corrected chi connectivity index (χ0v) is 15.1. The SMILES string of the molecule is COCCNC(=O)c1ccccc1NC(=O)c1cc2cccc(OC)c2o1. The molecule has 0 atom stereocenters. The number of amides is 2. The molecule has 2 amide bonds. The summed E-state index contributed by atoms with van der Waals surface area (Å²) < 4.78 is 15.8. The average Bonchev–Trinajstić information content (AvgIpc) is 3.13. The molecule has 0 bridgehead atoms. The van der Waals surface area contributed by atoms with E-state index >= 15 is 0 Å². The van der Waals surface area contributed by atoms with E-state index in [1.165, 1.54) is 7.11 Å². The standard InChI is InChI=1S/C20H20N2O5/c1-25-11-10-21-19(23)14-7-3-4-8-15(14)22-20(24)17-12-13-6-5-9-16(26-2)18(13)27-17/h3-9,12H,10-11H2,1-2H3,(H,21,23)(H,22,24). The highest BCUT2D eigenvalue weighted by Crippen LogP contribution is 2.29. The lowest BCUT2D eigenvalue weighted by atomic mass is 10.1. The van der Waals surface area contributed by atoms with Crippen molar-refractivity contribution in [1.82, 2.24) is 5.32 Å². The molecule has 0 fully saturated rings. The van der Waals surface area contributed by atoms with Crippen LogP contribution in [0.1, 0.15) is 20.9 Å². The number of hydrogen-bond donors (Lipinski definition) is 2. The minimum absolute atomic E-state index is 0.129. The van der Waals surface area contributed by atoms with E-state index in [1.54, 1.807) is 43.5 Å². The van der Waals surface area contributed by atoms with Gasteiger partial charge in [0, 0.05) is 19.0 Å². The summed E-state index contributed by atoms with van der Waals surface area (Å²) in [6.07, 6.45) is 0. The van der Waals surface area contributed by atoms with Crippen LogP contribution < -0.4 is 15.4 Å². The van der Waals surface area contributed by atoms with E-state index in [1.807, 2.05) is 12.1 Å². The van der Waals surface area contributed by atoms with E-state index < -0.39 is 5.91 Å². The predicted octanol–water partition coefficient (Wildman–Crippen LogP) is 3.07. The van der Waals surface area contributed by atoms with Crippen LogP contribution in [0.4, 0.5) is 5.69 Å². The lowest BCUT2D eigenvalue weighted by Crippen LogP contribution is -2.28. The number of benzene rings is 2. The number of carbonyl (C=O) groups is 2. The van der Waals surface area contributed by atoms with Gasteiger partial charge in [0.25, 0.3) is 11.8 Å². The van der Waals surface area contributed by atoms with Crippen LogP contribution in [-0.4, -0.2) is 39.2 Å². The molecule has 0 spiro atoms. The fourth-order valence-corrected chi connectivity index (χ4v) is 2.64. The molecule has 0 aliphatic rings. The van der Waals surface area contributed by atoms with Crippen molar-refractivity contribution in [2.24, 2.45) is 0 Å². The molecule has 0 radical (unpaired) electrons. The van der Waals surface area contributed by atoms with Crippen LogP contribution in [0.5, 0.6) is 5.75 Å². The maximum absolute atomic E-state index is 12.6. The van der Waals surface area contributed by atoms with Crippen LogP contribution in [0.15, 0.2) is 52.9 Å². The second-order valence-electron chi connectivity index (χ2n) is 5.74. The number of anilines is 1. The summed E-state index contributed by atoms with van der Waals surface area (Å²) in [6.45, 7) is 0.780. The summed E-state index contributed by atoms with van der Waals surface area (Å²) in [5.74, 6) is -0.0758. The molecule has 3 rings (SSSR count). The molecule has 1 aromatic heterocycles. The maximum Gasteiger partial charge on any atom is 0.291 e. The number of rotatable bonds is 7. The van der Waals surface area contributed by atoms with E-state index in [-0.39, 0.29) is 11.7 Å². The first-order valence-electron chi connectivity index (χ1n) is 8.38. The van der Waals surface area contributed by atoms with E-state index in [0.717, 1.165) is 5.39 Å². The van der Waals surface area contributed by atoms with Gasteiger partial charge in [-0.05, 0) is 24.3 Å². The third-order valence-electron chi connectivity index (χ3n) is 3.96. The Kier molecular flexibility index (Phi) is 5.73. The zero-order chi connectivity index (χ0) is 19.2. The van der Waals surface area contributed by atoms with Gasteiger partial charge in [-0.2, -0.15) is 0 Å². The minimum atomic E-state index is -0.453. The monoisotopic (exact) mass is 368 g/mol. The van der Waals surface area contributed by atoms with Crippen molar-refractivity contribution < 1.29 is 23.5 Å². The van der Waals surface area contributed by atoms with Crippen molar-refractivity contribution in [1.29, 1.82) is 0 Å². The number of ether oxygens (including phenoxy) is 2. The van der Waals surface area contributed by atoms with Gasteiger partial charge in [0.1, 0.15) is 0 Å². The molecule has 0 saturated heterocycles. The van der Waals surface area contributed by atoms with Crippen LogP contribution in [0.2, 0.25) is 0 Å². The Bertz CT molecular complexity index is 964. The molecule has 140 valence electrons. The molecular formula is C20H20N2O5. The van der Waals surface area contributed by atoms with Crippen LogP contribution in [0.25, 0.3) is 11.0 Å². The van der Waals surface area contributed by atoms with Crippen molar-refractivity contribution >= 4 is 28.5 Å². The van der Waals surface area contributed by atoms with Crippen LogP contribution in [-0.2, 0) is 4.74 Å². The minimum Gasteiger partial charge on any atom is -0.493 e. The molecule has 2 N–H and O–H groups in total. The molecule has 1 heterocycles. The number of nitrogens with one attached hydrogen (secondary N) is 2. The van der Waals surface area contributed by atoms with E-state index in [4.69, 9.17) is 13.9 Å². The molecule has 0 aliphatic heterocycles. The molecule has 27 heavy (non-hydrogen) atoms. The normalized spacial score (nSPS) is 10.6. The van der Waals surface area contributed by atoms with Crippen molar-refractivity contribution in [2.75, 3.05) is 32.7 Å². The van der Waals surface area contributed by atoms with Crippen molar-refractivity contribution in [3.8, 4) is 5.75 Å². The van der Waals surface area contributed by atoms with Crippen molar-refractivity contribution in [3.63, 3.8) is 0 Å². The number of carbonyl (C=O) groups excluding carboxylic acids is 2. The van der Waals surface area contributed by atoms with Gasteiger partial charge >= 0.3 is 0 Å². The summed E-state index contributed by atoms with van der Waals surface area (Å²) in [4.78, 5) is 24.9. The Morgan fingerprint density at radius 1 is 1.04 bits per heavy atom. The highest BCUT2D eigenvalue weighted by atomic mass is 16.5. The van der Waals surface area contributed by atoms with Crippen LogP contribution >= 0.6 is 0 Å². The molecule has 7 nitrogen and oxygen atoms in total. The fraction of sp³-hybridized carbons (Fsp3) is 0.200.